The second kappa shape index (κ2) is 6.69. The van der Waals surface area contributed by atoms with E-state index < -0.39 is 4.92 Å². The number of hydrogen-bond donors (Lipinski definition) is 0. The molecule has 0 saturated heterocycles. The monoisotopic (exact) mass is 463 g/mol. The topological polar surface area (TPSA) is 52.4 Å². The van der Waals surface area contributed by atoms with Gasteiger partial charge in [-0.25, -0.2) is 0 Å². The van der Waals surface area contributed by atoms with E-state index in [0.29, 0.717) is 25.8 Å². The highest BCUT2D eigenvalue weighted by Crippen LogP contribution is 2.40. The van der Waals surface area contributed by atoms with Gasteiger partial charge in [-0.2, -0.15) is 0 Å². The summed E-state index contributed by atoms with van der Waals surface area (Å²) in [5.41, 5.74) is 0.981. The van der Waals surface area contributed by atoms with Crippen LogP contribution in [0.15, 0.2) is 45.3 Å². The van der Waals surface area contributed by atoms with Crippen molar-refractivity contribution in [3.05, 3.63) is 61.0 Å². The number of hydrogen-bond acceptors (Lipinski definition) is 3. The Hall–Kier alpha value is -0.920. The first-order chi connectivity index (χ1) is 9.52. The zero-order chi connectivity index (χ0) is 14.7. The summed E-state index contributed by atoms with van der Waals surface area (Å²) in [4.78, 5) is 10.3. The van der Waals surface area contributed by atoms with Crippen LogP contribution in [0, 0.1) is 10.1 Å². The minimum atomic E-state index is -0.453. The molecule has 0 aliphatic heterocycles. The summed E-state index contributed by atoms with van der Waals surface area (Å²) in [7, 11) is 0. The van der Waals surface area contributed by atoms with Crippen LogP contribution in [0.3, 0.4) is 0 Å². The van der Waals surface area contributed by atoms with Crippen molar-refractivity contribution in [2.45, 2.75) is 5.33 Å². The normalized spacial score (nSPS) is 10.3. The Morgan fingerprint density at radius 3 is 2.30 bits per heavy atom. The van der Waals surface area contributed by atoms with E-state index in [1.165, 1.54) is 12.1 Å². The molecule has 0 heterocycles. The average Bonchev–Trinajstić information content (AvgIpc) is 2.42. The van der Waals surface area contributed by atoms with Gasteiger partial charge in [-0.05, 0) is 37.9 Å². The van der Waals surface area contributed by atoms with E-state index in [1.54, 1.807) is 0 Å². The second-order valence-electron chi connectivity index (χ2n) is 3.84. The van der Waals surface area contributed by atoms with E-state index in [9.17, 15) is 10.1 Å². The van der Waals surface area contributed by atoms with E-state index in [0.717, 1.165) is 5.56 Å². The Labute approximate surface area is 140 Å². The number of benzene rings is 2. The minimum absolute atomic E-state index is 0.00937. The van der Waals surface area contributed by atoms with Gasteiger partial charge in [0.15, 0.2) is 5.75 Å². The lowest BCUT2D eigenvalue weighted by molar-refractivity contribution is -0.385. The number of nitrogens with zero attached hydrogens (tertiary/aromatic N) is 1. The fourth-order valence-corrected chi connectivity index (χ4v) is 3.36. The molecule has 0 bridgehead atoms. The van der Waals surface area contributed by atoms with Crippen molar-refractivity contribution >= 4 is 53.5 Å². The molecule has 20 heavy (non-hydrogen) atoms. The molecule has 0 atom stereocenters. The summed E-state index contributed by atoms with van der Waals surface area (Å²) in [6, 6.07) is 10.4. The number of non-ortho nitro benzene ring substituents is 1. The molecular formula is C13H8Br3NO3. The maximum absolute atomic E-state index is 10.8. The van der Waals surface area contributed by atoms with Gasteiger partial charge in [-0.1, -0.05) is 34.1 Å². The van der Waals surface area contributed by atoms with Crippen molar-refractivity contribution in [1.29, 1.82) is 0 Å². The first-order valence-electron chi connectivity index (χ1n) is 5.48. The summed E-state index contributed by atoms with van der Waals surface area (Å²) in [6.07, 6.45) is 0. The molecule has 0 radical (unpaired) electrons. The Kier molecular flexibility index (Phi) is 5.17. The summed E-state index contributed by atoms with van der Waals surface area (Å²) in [5.74, 6) is 1.20. The predicted octanol–water partition coefficient (Wildman–Crippen LogP) is 5.81. The van der Waals surface area contributed by atoms with Gasteiger partial charge in [-0.3, -0.25) is 10.1 Å². The molecule has 0 N–H and O–H groups in total. The molecule has 2 aromatic carbocycles. The third-order valence-corrected chi connectivity index (χ3v) is 4.30. The van der Waals surface area contributed by atoms with Crippen LogP contribution >= 0.6 is 47.8 Å². The molecule has 0 aliphatic rings. The smallest absolute Gasteiger partial charge is 0.271 e. The van der Waals surface area contributed by atoms with Crippen LogP contribution in [-0.2, 0) is 5.33 Å². The van der Waals surface area contributed by atoms with Crippen molar-refractivity contribution in [2.24, 2.45) is 0 Å². The molecule has 0 aromatic heterocycles. The van der Waals surface area contributed by atoms with Gasteiger partial charge in [0, 0.05) is 23.0 Å². The number of halogens is 3. The largest absolute Gasteiger partial charge is 0.455 e. The number of nitro benzene ring substituents is 1. The molecule has 0 saturated carbocycles. The highest BCUT2D eigenvalue weighted by atomic mass is 79.9. The number of nitro groups is 1. The first-order valence-corrected chi connectivity index (χ1v) is 8.19. The van der Waals surface area contributed by atoms with Gasteiger partial charge >= 0.3 is 0 Å². The molecule has 2 rings (SSSR count). The SMILES string of the molecule is O=[N+]([O-])c1cc(Br)c(Oc2ccccc2CBr)c(Br)c1. The van der Waals surface area contributed by atoms with E-state index in [4.69, 9.17) is 4.74 Å². The van der Waals surface area contributed by atoms with Crippen LogP contribution < -0.4 is 4.74 Å². The standard InChI is InChI=1S/C13H8Br3NO3/c14-7-8-3-1-2-4-12(8)20-13-10(15)5-9(17(18)19)6-11(13)16/h1-6H,7H2. The molecule has 0 unspecified atom stereocenters. The molecule has 0 spiro atoms. The number of alkyl halides is 1. The van der Waals surface area contributed by atoms with Crippen LogP contribution in [0.1, 0.15) is 5.56 Å². The number of para-hydroxylation sites is 1. The summed E-state index contributed by atoms with van der Waals surface area (Å²) >= 11 is 9.99. The van der Waals surface area contributed by atoms with E-state index in [1.807, 2.05) is 24.3 Å². The molecule has 7 heteroatoms. The van der Waals surface area contributed by atoms with Crippen LogP contribution in [0.5, 0.6) is 11.5 Å². The van der Waals surface area contributed by atoms with Gasteiger partial charge < -0.3 is 4.74 Å². The number of ether oxygens (including phenoxy) is 1. The Balaban J connectivity index is 2.41. The maximum Gasteiger partial charge on any atom is 0.271 e. The van der Waals surface area contributed by atoms with E-state index in [2.05, 4.69) is 47.8 Å². The van der Waals surface area contributed by atoms with Crippen LogP contribution in [0.2, 0.25) is 0 Å². The number of rotatable bonds is 4. The third-order valence-electron chi connectivity index (χ3n) is 2.52. The van der Waals surface area contributed by atoms with Gasteiger partial charge in [0.25, 0.3) is 5.69 Å². The molecule has 0 aliphatic carbocycles. The summed E-state index contributed by atoms with van der Waals surface area (Å²) < 4.78 is 6.88. The lowest BCUT2D eigenvalue weighted by atomic mass is 10.2. The maximum atomic E-state index is 10.8. The quantitative estimate of drug-likeness (QED) is 0.325. The van der Waals surface area contributed by atoms with Crippen molar-refractivity contribution in [1.82, 2.24) is 0 Å². The third kappa shape index (κ3) is 3.39. The second-order valence-corrected chi connectivity index (χ2v) is 6.11. The van der Waals surface area contributed by atoms with Crippen LogP contribution in [0.4, 0.5) is 5.69 Å². The fourth-order valence-electron chi connectivity index (χ4n) is 1.57. The van der Waals surface area contributed by atoms with Crippen molar-refractivity contribution in [2.75, 3.05) is 0 Å². The van der Waals surface area contributed by atoms with Gasteiger partial charge in [0.2, 0.25) is 0 Å². The Morgan fingerprint density at radius 1 is 1.15 bits per heavy atom. The van der Waals surface area contributed by atoms with Gasteiger partial charge in [0.05, 0.1) is 13.9 Å². The Morgan fingerprint density at radius 2 is 1.75 bits per heavy atom. The molecule has 104 valence electrons. The van der Waals surface area contributed by atoms with Crippen molar-refractivity contribution < 1.29 is 9.66 Å². The molecule has 0 amide bonds. The summed E-state index contributed by atoms with van der Waals surface area (Å²) in [5, 5.41) is 11.5. The zero-order valence-electron chi connectivity index (χ0n) is 9.98. The van der Waals surface area contributed by atoms with E-state index >= 15 is 0 Å². The highest BCUT2D eigenvalue weighted by Gasteiger charge is 2.16. The molecule has 2 aromatic rings. The van der Waals surface area contributed by atoms with Crippen molar-refractivity contribution in [3.8, 4) is 11.5 Å². The fraction of sp³-hybridized carbons (Fsp3) is 0.0769. The first kappa shape index (κ1) is 15.5. The van der Waals surface area contributed by atoms with E-state index in [-0.39, 0.29) is 5.69 Å². The molecular weight excluding hydrogens is 458 g/mol. The summed E-state index contributed by atoms with van der Waals surface area (Å²) in [6.45, 7) is 0. The van der Waals surface area contributed by atoms with Crippen molar-refractivity contribution in [3.63, 3.8) is 0 Å². The Bertz CT molecular complexity index is 638. The highest BCUT2D eigenvalue weighted by molar-refractivity contribution is 9.11. The van der Waals surface area contributed by atoms with Gasteiger partial charge in [0.1, 0.15) is 5.75 Å². The van der Waals surface area contributed by atoms with Gasteiger partial charge in [-0.15, -0.1) is 0 Å². The van der Waals surface area contributed by atoms with Crippen LogP contribution in [-0.4, -0.2) is 4.92 Å². The molecule has 0 fully saturated rings. The lowest BCUT2D eigenvalue weighted by Crippen LogP contribution is -1.93. The lowest BCUT2D eigenvalue weighted by Gasteiger charge is -2.12. The average molecular weight is 466 g/mol. The van der Waals surface area contributed by atoms with Crippen LogP contribution in [0.25, 0.3) is 0 Å². The zero-order valence-corrected chi connectivity index (χ0v) is 14.7. The predicted molar refractivity (Wildman–Crippen MR) is 87.6 cm³/mol. The minimum Gasteiger partial charge on any atom is -0.455 e. The molecule has 4 nitrogen and oxygen atoms in total.